The average Bonchev–Trinajstić information content (AvgIpc) is 3.24. The number of alkyl halides is 3. The molecule has 0 aliphatic rings. The van der Waals surface area contributed by atoms with Crippen LogP contribution in [-0.2, 0) is 11.0 Å². The molecule has 6 nitrogen and oxygen atoms in total. The van der Waals surface area contributed by atoms with Gasteiger partial charge in [0.05, 0.1) is 27.0 Å². The van der Waals surface area contributed by atoms with Crippen LogP contribution in [0.25, 0.3) is 27.6 Å². The number of fused-ring (bicyclic) bond motifs is 3. The fraction of sp³-hybridized carbons (Fsp3) is 0.0800. The Morgan fingerprint density at radius 2 is 1.81 bits per heavy atom. The maximum absolute atomic E-state index is 13.6. The van der Waals surface area contributed by atoms with Crippen LogP contribution in [0, 0.1) is 0 Å². The molecule has 0 aliphatic heterocycles. The minimum absolute atomic E-state index is 0.0275. The summed E-state index contributed by atoms with van der Waals surface area (Å²) in [6.07, 6.45) is -4.61. The molecule has 0 saturated heterocycles. The molecule has 0 spiro atoms. The molecule has 0 saturated carbocycles. The summed E-state index contributed by atoms with van der Waals surface area (Å²) < 4.78 is 41.3. The number of halogens is 5. The van der Waals surface area contributed by atoms with Gasteiger partial charge in [-0.2, -0.15) is 13.2 Å². The van der Waals surface area contributed by atoms with E-state index in [1.807, 2.05) is 0 Å². The molecule has 1 amide bonds. The van der Waals surface area contributed by atoms with Gasteiger partial charge in [-0.1, -0.05) is 59.2 Å². The van der Waals surface area contributed by atoms with Gasteiger partial charge in [-0.25, -0.2) is 4.98 Å². The normalized spacial score (nSPS) is 11.8. The summed E-state index contributed by atoms with van der Waals surface area (Å²) in [5.41, 5.74) is 0.0297. The van der Waals surface area contributed by atoms with Crippen LogP contribution in [0.4, 0.5) is 18.9 Å². The number of aromatic nitrogens is 3. The van der Waals surface area contributed by atoms with Gasteiger partial charge in [0.2, 0.25) is 5.91 Å². The minimum Gasteiger partial charge on any atom is -0.349 e. The van der Waals surface area contributed by atoms with Crippen LogP contribution in [0.5, 0.6) is 0 Å². The highest BCUT2D eigenvalue weighted by Gasteiger charge is 2.31. The molecule has 2 N–H and O–H groups in total. The van der Waals surface area contributed by atoms with Crippen LogP contribution in [0.2, 0.25) is 10.0 Å². The number of amides is 1. The van der Waals surface area contributed by atoms with Crippen molar-refractivity contribution in [2.45, 2.75) is 11.3 Å². The fourth-order valence-electron chi connectivity index (χ4n) is 3.79. The number of H-pyrrole nitrogens is 1. The third-order valence-corrected chi connectivity index (χ3v) is 7.14. The van der Waals surface area contributed by atoms with Crippen molar-refractivity contribution in [3.05, 3.63) is 92.7 Å². The molecular formula is C25H15Cl2F3N4O2S. The first-order chi connectivity index (χ1) is 17.6. The van der Waals surface area contributed by atoms with Crippen molar-refractivity contribution in [2.24, 2.45) is 0 Å². The molecule has 0 unspecified atom stereocenters. The van der Waals surface area contributed by atoms with Crippen LogP contribution in [0.15, 0.2) is 76.7 Å². The van der Waals surface area contributed by atoms with E-state index in [-0.39, 0.29) is 27.1 Å². The second-order valence-electron chi connectivity index (χ2n) is 7.94. The fourth-order valence-corrected chi connectivity index (χ4v) is 4.89. The lowest BCUT2D eigenvalue weighted by Gasteiger charge is -2.14. The van der Waals surface area contributed by atoms with Crippen LogP contribution in [-0.4, -0.2) is 26.2 Å². The van der Waals surface area contributed by atoms with Crippen molar-refractivity contribution in [3.63, 3.8) is 0 Å². The Labute approximate surface area is 221 Å². The van der Waals surface area contributed by atoms with Gasteiger partial charge in [0.1, 0.15) is 11.0 Å². The lowest BCUT2D eigenvalue weighted by Crippen LogP contribution is -2.23. The third-order valence-electron chi connectivity index (χ3n) is 5.46. The lowest BCUT2D eigenvalue weighted by molar-refractivity contribution is -0.137. The molecule has 2 aromatic heterocycles. The first-order valence-electron chi connectivity index (χ1n) is 10.7. The molecule has 37 heavy (non-hydrogen) atoms. The molecule has 188 valence electrons. The summed E-state index contributed by atoms with van der Waals surface area (Å²) in [5, 5.41) is 4.00. The molecule has 3 aromatic carbocycles. The first-order valence-corrected chi connectivity index (χ1v) is 12.4. The standard InChI is InChI=1S/C25H15Cl2F3N4O2S/c26-17-9-8-14(11-18(17)27)31-20(35)12-37-24-33-21-16-6-1-2-7-19(16)32-22(21)23(36)34(24)15-5-3-4-13(10-15)25(28,29)30/h1-11,32H,12H2,(H,31,35). The van der Waals surface area contributed by atoms with Crippen molar-refractivity contribution in [3.8, 4) is 5.69 Å². The zero-order chi connectivity index (χ0) is 26.3. The van der Waals surface area contributed by atoms with E-state index in [1.165, 1.54) is 24.3 Å². The molecule has 0 fully saturated rings. The van der Waals surface area contributed by atoms with E-state index in [0.717, 1.165) is 28.5 Å². The summed E-state index contributed by atoms with van der Waals surface area (Å²) in [7, 11) is 0. The minimum atomic E-state index is -4.61. The Kier molecular flexibility index (Phi) is 6.65. The van der Waals surface area contributed by atoms with E-state index in [9.17, 15) is 22.8 Å². The molecular weight excluding hydrogens is 548 g/mol. The van der Waals surface area contributed by atoms with E-state index in [2.05, 4.69) is 15.3 Å². The molecule has 5 rings (SSSR count). The SMILES string of the molecule is O=C(CSc1nc2c([nH]c3ccccc32)c(=O)n1-c1cccc(C(F)(F)F)c1)Nc1ccc(Cl)c(Cl)c1. The number of benzene rings is 3. The predicted octanol–water partition coefficient (Wildman–Crippen LogP) is 6.92. The summed E-state index contributed by atoms with van der Waals surface area (Å²) >= 11 is 12.8. The Morgan fingerprint density at radius 1 is 1.03 bits per heavy atom. The highest BCUT2D eigenvalue weighted by Crippen LogP contribution is 2.32. The van der Waals surface area contributed by atoms with Gasteiger partial charge in [-0.05, 0) is 42.5 Å². The Bertz CT molecular complexity index is 1730. The number of anilines is 1. The number of hydrogen-bond acceptors (Lipinski definition) is 4. The third kappa shape index (κ3) is 5.04. The average molecular weight is 563 g/mol. The summed E-state index contributed by atoms with van der Waals surface area (Å²) in [6, 6.07) is 16.1. The van der Waals surface area contributed by atoms with Gasteiger partial charge in [0, 0.05) is 16.6 Å². The molecule has 0 aliphatic carbocycles. The zero-order valence-electron chi connectivity index (χ0n) is 18.6. The number of rotatable bonds is 5. The molecule has 12 heteroatoms. The highest BCUT2D eigenvalue weighted by molar-refractivity contribution is 7.99. The number of para-hydroxylation sites is 1. The van der Waals surface area contributed by atoms with Crippen LogP contribution < -0.4 is 10.9 Å². The van der Waals surface area contributed by atoms with Gasteiger partial charge in [0.15, 0.2) is 5.16 Å². The van der Waals surface area contributed by atoms with Crippen LogP contribution >= 0.6 is 35.0 Å². The first kappa shape index (κ1) is 25.2. The van der Waals surface area contributed by atoms with Crippen molar-refractivity contribution < 1.29 is 18.0 Å². The molecule has 0 bridgehead atoms. The number of thioether (sulfide) groups is 1. The second-order valence-corrected chi connectivity index (χ2v) is 9.70. The largest absolute Gasteiger partial charge is 0.416 e. The number of aromatic amines is 1. The molecule has 5 aromatic rings. The van der Waals surface area contributed by atoms with Gasteiger partial charge in [0.25, 0.3) is 5.56 Å². The van der Waals surface area contributed by atoms with Crippen molar-refractivity contribution in [1.82, 2.24) is 14.5 Å². The van der Waals surface area contributed by atoms with Gasteiger partial charge < -0.3 is 10.3 Å². The van der Waals surface area contributed by atoms with E-state index >= 15 is 0 Å². The molecule has 0 radical (unpaired) electrons. The number of nitrogens with one attached hydrogen (secondary N) is 2. The highest BCUT2D eigenvalue weighted by atomic mass is 35.5. The summed E-state index contributed by atoms with van der Waals surface area (Å²) in [5.74, 6) is -0.619. The van der Waals surface area contributed by atoms with Gasteiger partial charge in [-0.15, -0.1) is 0 Å². The van der Waals surface area contributed by atoms with Crippen molar-refractivity contribution in [2.75, 3.05) is 11.1 Å². The number of hydrogen-bond donors (Lipinski definition) is 2. The molecule has 0 atom stereocenters. The predicted molar refractivity (Wildman–Crippen MR) is 140 cm³/mol. The van der Waals surface area contributed by atoms with Gasteiger partial charge in [-0.3, -0.25) is 14.2 Å². The quantitative estimate of drug-likeness (QED) is 0.180. The van der Waals surface area contributed by atoms with Crippen LogP contribution in [0.1, 0.15) is 5.56 Å². The van der Waals surface area contributed by atoms with E-state index < -0.39 is 23.2 Å². The van der Waals surface area contributed by atoms with Crippen LogP contribution in [0.3, 0.4) is 0 Å². The van der Waals surface area contributed by atoms with Crippen molar-refractivity contribution >= 4 is 68.5 Å². The summed E-state index contributed by atoms with van der Waals surface area (Å²) in [6.45, 7) is 0. The number of carbonyl (C=O) groups excluding carboxylic acids is 1. The van der Waals surface area contributed by atoms with E-state index in [0.29, 0.717) is 27.1 Å². The smallest absolute Gasteiger partial charge is 0.349 e. The van der Waals surface area contributed by atoms with E-state index in [4.69, 9.17) is 23.2 Å². The maximum Gasteiger partial charge on any atom is 0.416 e. The second kappa shape index (κ2) is 9.77. The monoisotopic (exact) mass is 562 g/mol. The van der Waals surface area contributed by atoms with Gasteiger partial charge >= 0.3 is 6.18 Å². The topological polar surface area (TPSA) is 79.8 Å². The zero-order valence-corrected chi connectivity index (χ0v) is 20.9. The Morgan fingerprint density at radius 3 is 2.57 bits per heavy atom. The Balaban J connectivity index is 1.57. The maximum atomic E-state index is 13.6. The lowest BCUT2D eigenvalue weighted by atomic mass is 10.2. The van der Waals surface area contributed by atoms with E-state index in [1.54, 1.807) is 30.3 Å². The number of nitrogens with zero attached hydrogens (tertiary/aromatic N) is 2. The molecule has 2 heterocycles. The summed E-state index contributed by atoms with van der Waals surface area (Å²) in [4.78, 5) is 33.8. The Hall–Kier alpha value is -3.47. The van der Waals surface area contributed by atoms with Crippen molar-refractivity contribution in [1.29, 1.82) is 0 Å². The number of carbonyl (C=O) groups is 1.